The van der Waals surface area contributed by atoms with Crippen molar-refractivity contribution in [2.24, 2.45) is 0 Å². The van der Waals surface area contributed by atoms with Crippen molar-refractivity contribution in [2.45, 2.75) is 13.0 Å². The van der Waals surface area contributed by atoms with E-state index >= 15 is 0 Å². The molecule has 0 saturated carbocycles. The second-order valence-electron chi connectivity index (χ2n) is 6.06. The topological polar surface area (TPSA) is 190 Å². The van der Waals surface area contributed by atoms with Crippen molar-refractivity contribution < 1.29 is 57.1 Å². The predicted molar refractivity (Wildman–Crippen MR) is 134 cm³/mol. The maximum atomic E-state index is 10.5. The molecule has 0 heterocycles. The van der Waals surface area contributed by atoms with Crippen molar-refractivity contribution in [1.82, 2.24) is 21.3 Å². The minimum Gasteiger partial charge on any atom is -0.447 e. The molecule has 1 atom stereocenters. The fourth-order valence-electron chi connectivity index (χ4n) is 1.38. The minimum absolute atomic E-state index is 0.190. The molecule has 222 valence electrons. The van der Waals surface area contributed by atoms with Gasteiger partial charge >= 0.3 is 24.4 Å². The average molecular weight is 547 g/mol. The molecule has 0 fully saturated rings. The van der Waals surface area contributed by atoms with Crippen molar-refractivity contribution in [3.63, 3.8) is 0 Å². The summed E-state index contributed by atoms with van der Waals surface area (Å²) in [5, 5.41) is 9.26. The first kappa shape index (κ1) is 41.1. The van der Waals surface area contributed by atoms with Gasteiger partial charge in [0, 0.05) is 56.6 Å². The highest BCUT2D eigenvalue weighted by atomic mass is 16.6. The van der Waals surface area contributed by atoms with Gasteiger partial charge in [0.25, 0.3) is 0 Å². The van der Waals surface area contributed by atoms with Crippen molar-refractivity contribution >= 4 is 24.4 Å². The Kier molecular flexibility index (Phi) is 38.9. The van der Waals surface area contributed by atoms with Gasteiger partial charge in [-0.1, -0.05) is 0 Å². The lowest BCUT2D eigenvalue weighted by Gasteiger charge is -2.10. The molecule has 4 amide bonds. The van der Waals surface area contributed by atoms with E-state index in [0.717, 1.165) is 0 Å². The molecule has 0 aromatic rings. The largest absolute Gasteiger partial charge is 0.447 e. The molecular weight excluding hydrogens is 500 g/mol. The van der Waals surface area contributed by atoms with Crippen LogP contribution in [-0.2, 0) is 37.9 Å². The molecular formula is C21H46N4O12. The second-order valence-corrected chi connectivity index (χ2v) is 6.06. The molecule has 37 heavy (non-hydrogen) atoms. The molecule has 0 radical (unpaired) electrons. The fourth-order valence-corrected chi connectivity index (χ4v) is 1.38. The smallest absolute Gasteiger partial charge is 0.407 e. The molecule has 16 nitrogen and oxygen atoms in total. The summed E-state index contributed by atoms with van der Waals surface area (Å²) in [6.07, 6.45) is -1.89. The lowest BCUT2D eigenvalue weighted by Crippen LogP contribution is -2.26. The molecule has 0 aromatic carbocycles. The summed E-state index contributed by atoms with van der Waals surface area (Å²) in [5.74, 6) is 0. The molecule has 0 rings (SSSR count). The zero-order chi connectivity index (χ0) is 29.3. The standard InChI is InChI=1S/C6H13NO3.3C5H11NO3/c1-5(4-9-3)10-6(8)7-2;3*1-6-5(7)9-4-3-8-2/h5H,4H2,1-3H3,(H,7,8);3*3-4H2,1-2H3,(H,6,7). The minimum atomic E-state index is -0.426. The summed E-state index contributed by atoms with van der Waals surface area (Å²) >= 11 is 0. The average Bonchev–Trinajstić information content (AvgIpc) is 2.89. The van der Waals surface area contributed by atoms with Gasteiger partial charge in [-0.3, -0.25) is 0 Å². The highest BCUT2D eigenvalue weighted by Crippen LogP contribution is 1.90. The van der Waals surface area contributed by atoms with Crippen molar-refractivity contribution in [3.05, 3.63) is 0 Å². The van der Waals surface area contributed by atoms with Crippen LogP contribution >= 0.6 is 0 Å². The van der Waals surface area contributed by atoms with Crippen LogP contribution in [0.25, 0.3) is 0 Å². The number of rotatable bonds is 12. The maximum absolute atomic E-state index is 10.5. The van der Waals surface area contributed by atoms with E-state index < -0.39 is 24.4 Å². The third kappa shape index (κ3) is 43.4. The van der Waals surface area contributed by atoms with E-state index in [4.69, 9.17) is 9.47 Å². The predicted octanol–water partition coefficient (Wildman–Crippen LogP) is 0.344. The third-order valence-corrected chi connectivity index (χ3v) is 3.09. The van der Waals surface area contributed by atoms with Crippen LogP contribution in [0.5, 0.6) is 0 Å². The fraction of sp³-hybridized carbons (Fsp3) is 0.810. The number of alkyl carbamates (subject to hydrolysis) is 4. The second kappa shape index (κ2) is 35.1. The van der Waals surface area contributed by atoms with E-state index in [0.29, 0.717) is 46.2 Å². The quantitative estimate of drug-likeness (QED) is 0.194. The van der Waals surface area contributed by atoms with Gasteiger partial charge in [0.2, 0.25) is 0 Å². The van der Waals surface area contributed by atoms with Gasteiger partial charge in [0.05, 0.1) is 26.4 Å². The van der Waals surface area contributed by atoms with Crippen LogP contribution in [0.2, 0.25) is 0 Å². The van der Waals surface area contributed by atoms with Crippen LogP contribution in [0, 0.1) is 0 Å². The number of carbonyl (C=O) groups excluding carboxylic acids is 4. The third-order valence-electron chi connectivity index (χ3n) is 3.09. The van der Waals surface area contributed by atoms with Gasteiger partial charge in [0.1, 0.15) is 25.9 Å². The lowest BCUT2D eigenvalue weighted by atomic mass is 10.4. The zero-order valence-electron chi connectivity index (χ0n) is 23.4. The van der Waals surface area contributed by atoms with Gasteiger partial charge in [0.15, 0.2) is 0 Å². The molecule has 0 aliphatic heterocycles. The molecule has 16 heteroatoms. The maximum Gasteiger partial charge on any atom is 0.407 e. The first-order chi connectivity index (χ1) is 17.6. The normalized spacial score (nSPS) is 9.65. The van der Waals surface area contributed by atoms with Gasteiger partial charge in [-0.15, -0.1) is 0 Å². The highest BCUT2D eigenvalue weighted by molar-refractivity contribution is 5.67. The van der Waals surface area contributed by atoms with Crippen LogP contribution in [-0.4, -0.2) is 133 Å². The SMILES string of the molecule is CNC(=O)OC(C)COC.CNC(=O)OCCOC.CNC(=O)OCCOC.CNC(=O)OCCOC. The molecule has 0 aliphatic carbocycles. The zero-order valence-corrected chi connectivity index (χ0v) is 23.4. The van der Waals surface area contributed by atoms with Crippen LogP contribution in [0.4, 0.5) is 19.2 Å². The first-order valence-electron chi connectivity index (χ1n) is 11.0. The molecule has 1 unspecified atom stereocenters. The molecule has 0 aliphatic rings. The Balaban J connectivity index is -0.000000196. The van der Waals surface area contributed by atoms with E-state index in [2.05, 4.69) is 49.7 Å². The van der Waals surface area contributed by atoms with E-state index in [1.165, 1.54) is 28.2 Å². The van der Waals surface area contributed by atoms with Crippen molar-refractivity contribution in [3.8, 4) is 0 Å². The number of hydrogen-bond acceptors (Lipinski definition) is 12. The Hall–Kier alpha value is -3.08. The van der Waals surface area contributed by atoms with Crippen molar-refractivity contribution in [1.29, 1.82) is 0 Å². The van der Waals surface area contributed by atoms with E-state index in [1.807, 2.05) is 0 Å². The monoisotopic (exact) mass is 546 g/mol. The lowest BCUT2D eigenvalue weighted by molar-refractivity contribution is 0.0500. The Bertz CT molecular complexity index is 489. The first-order valence-corrected chi connectivity index (χ1v) is 11.0. The molecule has 0 spiro atoms. The molecule has 0 aromatic heterocycles. The van der Waals surface area contributed by atoms with E-state index in [1.54, 1.807) is 35.4 Å². The Labute approximate surface area is 219 Å². The number of nitrogens with one attached hydrogen (secondary N) is 4. The number of methoxy groups -OCH3 is 4. The number of hydrogen-bond donors (Lipinski definition) is 4. The summed E-state index contributed by atoms with van der Waals surface area (Å²) in [4.78, 5) is 41.4. The summed E-state index contributed by atoms with van der Waals surface area (Å²) < 4.78 is 37.1. The van der Waals surface area contributed by atoms with Crippen LogP contribution < -0.4 is 21.3 Å². The van der Waals surface area contributed by atoms with Crippen LogP contribution in [0.15, 0.2) is 0 Å². The Morgan fingerprint density at radius 2 is 0.811 bits per heavy atom. The van der Waals surface area contributed by atoms with E-state index in [9.17, 15) is 19.2 Å². The Morgan fingerprint density at radius 1 is 0.514 bits per heavy atom. The molecule has 4 N–H and O–H groups in total. The summed E-state index contributed by atoms with van der Waals surface area (Å²) in [6, 6.07) is 0. The molecule has 0 saturated heterocycles. The van der Waals surface area contributed by atoms with Gasteiger partial charge in [-0.2, -0.15) is 0 Å². The van der Waals surface area contributed by atoms with Gasteiger partial charge < -0.3 is 59.2 Å². The van der Waals surface area contributed by atoms with Crippen LogP contribution in [0.3, 0.4) is 0 Å². The van der Waals surface area contributed by atoms with Crippen LogP contribution in [0.1, 0.15) is 6.92 Å². The van der Waals surface area contributed by atoms with Crippen molar-refractivity contribution in [2.75, 3.05) is 103 Å². The van der Waals surface area contributed by atoms with Gasteiger partial charge in [-0.05, 0) is 6.92 Å². The van der Waals surface area contributed by atoms with E-state index in [-0.39, 0.29) is 6.10 Å². The summed E-state index contributed by atoms with van der Waals surface area (Å²) in [7, 11) is 12.2. The van der Waals surface area contributed by atoms with Gasteiger partial charge in [-0.25, -0.2) is 19.2 Å². The summed E-state index contributed by atoms with van der Waals surface area (Å²) in [6.45, 7) is 4.41. The Morgan fingerprint density at radius 3 is 1.03 bits per heavy atom. The number of amides is 4. The molecule has 0 bridgehead atoms. The highest BCUT2D eigenvalue weighted by Gasteiger charge is 2.05. The number of carbonyl (C=O) groups is 4. The summed E-state index contributed by atoms with van der Waals surface area (Å²) in [5.41, 5.74) is 0. The number of ether oxygens (including phenoxy) is 8.